The molecule has 30 heavy (non-hydrogen) atoms. The van der Waals surface area contributed by atoms with Crippen molar-refractivity contribution in [3.63, 3.8) is 0 Å². The lowest BCUT2D eigenvalue weighted by Gasteiger charge is -2.42. The molecule has 4 amide bonds. The zero-order valence-electron chi connectivity index (χ0n) is 18.9. The Labute approximate surface area is 179 Å². The monoisotopic (exact) mass is 413 g/mol. The van der Waals surface area contributed by atoms with Gasteiger partial charge in [0.1, 0.15) is 12.1 Å². The largest absolute Gasteiger partial charge is 0.348 e. The van der Waals surface area contributed by atoms with Crippen LogP contribution in [0.4, 0.5) is 4.79 Å². The van der Waals surface area contributed by atoms with E-state index in [1.54, 1.807) is 0 Å². The molecule has 1 spiro atoms. The molecule has 1 aliphatic carbocycles. The molecule has 2 aliphatic rings. The van der Waals surface area contributed by atoms with E-state index < -0.39 is 11.6 Å². The van der Waals surface area contributed by atoms with E-state index in [1.807, 2.05) is 38.1 Å². The second kappa shape index (κ2) is 8.40. The second-order valence-electron chi connectivity index (χ2n) is 9.67. The van der Waals surface area contributed by atoms with Crippen LogP contribution >= 0.6 is 0 Å². The summed E-state index contributed by atoms with van der Waals surface area (Å²) in [5, 5.41) is 5.83. The van der Waals surface area contributed by atoms with Crippen molar-refractivity contribution >= 4 is 17.8 Å². The summed E-state index contributed by atoms with van der Waals surface area (Å²) in [5.41, 5.74) is 1.51. The lowest BCUT2D eigenvalue weighted by atomic mass is 9.65. The van der Waals surface area contributed by atoms with Crippen LogP contribution in [0.25, 0.3) is 0 Å². The van der Waals surface area contributed by atoms with Crippen LogP contribution in [0.2, 0.25) is 0 Å². The summed E-state index contributed by atoms with van der Waals surface area (Å²) in [6, 6.07) is 7.21. The van der Waals surface area contributed by atoms with Crippen LogP contribution < -0.4 is 10.6 Å². The van der Waals surface area contributed by atoms with Gasteiger partial charge in [-0.25, -0.2) is 4.79 Å². The molecular formula is C24H35N3O3. The SMILES string of the molecule is CCC(C)(C)C1CCC2(CC1)NC(=O)N(CC(=O)NC(C)c1ccccc1C)C2=O. The average molecular weight is 414 g/mol. The van der Waals surface area contributed by atoms with Crippen LogP contribution in [0.15, 0.2) is 24.3 Å². The fourth-order valence-corrected chi connectivity index (χ4v) is 4.92. The van der Waals surface area contributed by atoms with Crippen molar-refractivity contribution in [3.8, 4) is 0 Å². The van der Waals surface area contributed by atoms with E-state index in [9.17, 15) is 14.4 Å². The standard InChI is InChI=1S/C24H35N3O3/c1-6-23(4,5)18-11-13-24(14-12-18)21(29)27(22(30)26-24)15-20(28)25-17(3)19-10-8-7-9-16(19)2/h7-10,17-18H,6,11-15H2,1-5H3,(H,25,28)(H,26,30). The number of aryl methyl sites for hydroxylation is 1. The molecule has 1 aliphatic heterocycles. The molecule has 1 atom stereocenters. The van der Waals surface area contributed by atoms with Crippen LogP contribution in [0.1, 0.15) is 77.0 Å². The molecule has 0 radical (unpaired) electrons. The van der Waals surface area contributed by atoms with Crippen molar-refractivity contribution in [1.82, 2.24) is 15.5 Å². The Kier molecular flexibility index (Phi) is 6.25. The first-order valence-electron chi connectivity index (χ1n) is 11.1. The summed E-state index contributed by atoms with van der Waals surface area (Å²) in [6.45, 7) is 10.4. The normalized spacial score (nSPS) is 25.4. The minimum absolute atomic E-state index is 0.194. The van der Waals surface area contributed by atoms with Gasteiger partial charge in [-0.2, -0.15) is 0 Å². The van der Waals surface area contributed by atoms with E-state index in [0.717, 1.165) is 35.3 Å². The lowest BCUT2D eigenvalue weighted by molar-refractivity contribution is -0.136. The molecule has 1 aromatic rings. The fraction of sp³-hybridized carbons (Fsp3) is 0.625. The first-order chi connectivity index (χ1) is 14.1. The number of urea groups is 1. The zero-order chi connectivity index (χ0) is 22.1. The minimum atomic E-state index is -0.834. The van der Waals surface area contributed by atoms with Gasteiger partial charge < -0.3 is 10.6 Å². The van der Waals surface area contributed by atoms with Crippen LogP contribution in [0.5, 0.6) is 0 Å². The van der Waals surface area contributed by atoms with Gasteiger partial charge >= 0.3 is 6.03 Å². The highest BCUT2D eigenvalue weighted by Crippen LogP contribution is 2.45. The highest BCUT2D eigenvalue weighted by atomic mass is 16.2. The molecule has 2 fully saturated rings. The molecule has 1 aromatic carbocycles. The van der Waals surface area contributed by atoms with Crippen LogP contribution in [0, 0.1) is 18.3 Å². The predicted octanol–water partition coefficient (Wildman–Crippen LogP) is 4.09. The van der Waals surface area contributed by atoms with Crippen molar-refractivity contribution in [2.45, 2.75) is 78.3 Å². The van der Waals surface area contributed by atoms with Gasteiger partial charge in [-0.05, 0) is 62.0 Å². The van der Waals surface area contributed by atoms with Gasteiger partial charge in [-0.1, -0.05) is 51.5 Å². The number of nitrogens with zero attached hydrogens (tertiary/aromatic N) is 1. The van der Waals surface area contributed by atoms with Crippen LogP contribution in [0.3, 0.4) is 0 Å². The number of amides is 4. The van der Waals surface area contributed by atoms with Crippen LogP contribution in [-0.4, -0.2) is 34.8 Å². The predicted molar refractivity (Wildman–Crippen MR) is 117 cm³/mol. The highest BCUT2D eigenvalue weighted by molar-refractivity contribution is 6.09. The molecule has 6 heteroatoms. The summed E-state index contributed by atoms with van der Waals surface area (Å²) in [6.07, 6.45) is 4.21. The molecular weight excluding hydrogens is 378 g/mol. The Balaban J connectivity index is 1.62. The van der Waals surface area contributed by atoms with E-state index in [-0.39, 0.29) is 29.8 Å². The minimum Gasteiger partial charge on any atom is -0.348 e. The Bertz CT molecular complexity index is 825. The maximum Gasteiger partial charge on any atom is 0.325 e. The molecule has 1 saturated carbocycles. The number of rotatable bonds is 6. The second-order valence-corrected chi connectivity index (χ2v) is 9.67. The van der Waals surface area contributed by atoms with Gasteiger partial charge in [0.05, 0.1) is 6.04 Å². The topological polar surface area (TPSA) is 78.5 Å². The van der Waals surface area contributed by atoms with E-state index in [0.29, 0.717) is 18.8 Å². The molecule has 3 rings (SSSR count). The number of benzene rings is 1. The maximum atomic E-state index is 13.1. The van der Waals surface area contributed by atoms with Gasteiger partial charge in [0, 0.05) is 0 Å². The van der Waals surface area contributed by atoms with E-state index in [4.69, 9.17) is 0 Å². The Morgan fingerprint density at radius 3 is 2.50 bits per heavy atom. The molecule has 0 bridgehead atoms. The maximum absolute atomic E-state index is 13.1. The summed E-state index contributed by atoms with van der Waals surface area (Å²) in [7, 11) is 0. The van der Waals surface area contributed by atoms with E-state index in [1.165, 1.54) is 0 Å². The lowest BCUT2D eigenvalue weighted by Crippen LogP contribution is -2.51. The molecule has 164 valence electrons. The van der Waals surface area contributed by atoms with Gasteiger partial charge in [-0.3, -0.25) is 14.5 Å². The van der Waals surface area contributed by atoms with E-state index >= 15 is 0 Å². The smallest absolute Gasteiger partial charge is 0.325 e. The highest BCUT2D eigenvalue weighted by Gasteiger charge is 2.53. The third-order valence-electron chi connectivity index (χ3n) is 7.44. The number of nitrogens with one attached hydrogen (secondary N) is 2. The average Bonchev–Trinajstić information content (AvgIpc) is 2.92. The van der Waals surface area contributed by atoms with Gasteiger partial charge in [-0.15, -0.1) is 0 Å². The third kappa shape index (κ3) is 4.23. The number of hydrogen-bond acceptors (Lipinski definition) is 3. The van der Waals surface area contributed by atoms with Crippen LogP contribution in [-0.2, 0) is 9.59 Å². The molecule has 1 heterocycles. The third-order valence-corrected chi connectivity index (χ3v) is 7.44. The number of hydrogen-bond donors (Lipinski definition) is 2. The summed E-state index contributed by atoms with van der Waals surface area (Å²) in [5.74, 6) is -0.0313. The molecule has 0 aromatic heterocycles. The first kappa shape index (κ1) is 22.3. The number of carbonyl (C=O) groups is 3. The first-order valence-corrected chi connectivity index (χ1v) is 11.1. The fourth-order valence-electron chi connectivity index (χ4n) is 4.92. The Morgan fingerprint density at radius 2 is 1.90 bits per heavy atom. The number of carbonyl (C=O) groups excluding carboxylic acids is 3. The van der Waals surface area contributed by atoms with Gasteiger partial charge in [0.2, 0.25) is 5.91 Å². The summed E-state index contributed by atoms with van der Waals surface area (Å²) in [4.78, 5) is 39.4. The van der Waals surface area contributed by atoms with Gasteiger partial charge in [0.25, 0.3) is 5.91 Å². The number of imide groups is 1. The molecule has 1 unspecified atom stereocenters. The zero-order valence-corrected chi connectivity index (χ0v) is 18.9. The van der Waals surface area contributed by atoms with E-state index in [2.05, 4.69) is 31.4 Å². The summed E-state index contributed by atoms with van der Waals surface area (Å²) < 4.78 is 0. The Hall–Kier alpha value is -2.37. The molecule has 2 N–H and O–H groups in total. The summed E-state index contributed by atoms with van der Waals surface area (Å²) >= 11 is 0. The van der Waals surface area contributed by atoms with Crippen molar-refractivity contribution in [1.29, 1.82) is 0 Å². The van der Waals surface area contributed by atoms with Crippen molar-refractivity contribution in [3.05, 3.63) is 35.4 Å². The molecule has 6 nitrogen and oxygen atoms in total. The van der Waals surface area contributed by atoms with Crippen molar-refractivity contribution in [2.75, 3.05) is 6.54 Å². The van der Waals surface area contributed by atoms with Crippen molar-refractivity contribution in [2.24, 2.45) is 11.3 Å². The van der Waals surface area contributed by atoms with Gasteiger partial charge in [0.15, 0.2) is 0 Å². The quantitative estimate of drug-likeness (QED) is 0.690. The van der Waals surface area contributed by atoms with Crippen molar-refractivity contribution < 1.29 is 14.4 Å². The molecule has 1 saturated heterocycles. The Morgan fingerprint density at radius 1 is 1.27 bits per heavy atom.